The first kappa shape index (κ1) is 18.9. The third-order valence-corrected chi connectivity index (χ3v) is 6.13. The molecule has 0 spiro atoms. The molecule has 1 N–H and O–H groups in total. The molecule has 0 unspecified atom stereocenters. The van der Waals surface area contributed by atoms with Gasteiger partial charge in [0.25, 0.3) is 16.8 Å². The molecular weight excluding hydrogens is 424 g/mol. The zero-order chi connectivity index (χ0) is 18.8. The number of nitro benzene ring substituents is 1. The molecular formula is C17H17BrN2O5S. The van der Waals surface area contributed by atoms with E-state index in [1.54, 1.807) is 0 Å². The van der Waals surface area contributed by atoms with Crippen LogP contribution in [0.3, 0.4) is 0 Å². The average Bonchev–Trinajstić information content (AvgIpc) is 2.87. The van der Waals surface area contributed by atoms with Crippen molar-refractivity contribution in [3.63, 3.8) is 0 Å². The summed E-state index contributed by atoms with van der Waals surface area (Å²) in [6.45, 7) is 0.409. The van der Waals surface area contributed by atoms with Crippen LogP contribution < -0.4 is 0 Å². The number of amides is 2. The second-order valence-corrected chi connectivity index (χ2v) is 8.27. The first-order chi connectivity index (χ1) is 12.4. The largest absolute Gasteiger partial charge is 0.506 e. The van der Waals surface area contributed by atoms with E-state index in [4.69, 9.17) is 0 Å². The molecule has 1 saturated heterocycles. The summed E-state index contributed by atoms with van der Waals surface area (Å²) in [7, 11) is 0. The van der Waals surface area contributed by atoms with Crippen molar-refractivity contribution in [3.8, 4) is 5.75 Å². The second-order valence-electron chi connectivity index (χ2n) is 6.42. The van der Waals surface area contributed by atoms with E-state index in [1.807, 2.05) is 0 Å². The molecule has 0 bridgehead atoms. The minimum absolute atomic E-state index is 0.120. The Morgan fingerprint density at radius 1 is 1.31 bits per heavy atom. The van der Waals surface area contributed by atoms with Crippen LogP contribution in [0.5, 0.6) is 5.75 Å². The van der Waals surface area contributed by atoms with Gasteiger partial charge in [0.1, 0.15) is 5.75 Å². The Bertz CT molecular complexity index is 805. The first-order valence-corrected chi connectivity index (χ1v) is 9.90. The van der Waals surface area contributed by atoms with Crippen molar-refractivity contribution in [2.24, 2.45) is 5.92 Å². The third-order valence-electron chi connectivity index (χ3n) is 4.61. The molecule has 0 radical (unpaired) electrons. The van der Waals surface area contributed by atoms with Gasteiger partial charge in [-0.15, -0.1) is 0 Å². The number of thioether (sulfide) groups is 1. The van der Waals surface area contributed by atoms with Crippen molar-refractivity contribution in [2.75, 3.05) is 6.54 Å². The number of imide groups is 1. The normalized spacial score (nSPS) is 20.2. The van der Waals surface area contributed by atoms with E-state index in [0.717, 1.165) is 37.4 Å². The summed E-state index contributed by atoms with van der Waals surface area (Å²) in [6, 6.07) is 2.36. The van der Waals surface area contributed by atoms with Gasteiger partial charge in [-0.3, -0.25) is 24.6 Å². The first-order valence-electron chi connectivity index (χ1n) is 8.29. The van der Waals surface area contributed by atoms with Crippen LogP contribution in [0.4, 0.5) is 10.5 Å². The summed E-state index contributed by atoms with van der Waals surface area (Å²) in [4.78, 5) is 36.6. The molecule has 2 aliphatic rings. The average molecular weight is 441 g/mol. The molecule has 2 fully saturated rings. The van der Waals surface area contributed by atoms with Crippen LogP contribution in [0.1, 0.15) is 37.7 Å². The predicted molar refractivity (Wildman–Crippen MR) is 102 cm³/mol. The monoisotopic (exact) mass is 440 g/mol. The molecule has 1 saturated carbocycles. The number of carbonyl (C=O) groups excluding carboxylic acids is 2. The summed E-state index contributed by atoms with van der Waals surface area (Å²) in [5.41, 5.74) is -0.100. The molecule has 1 aliphatic carbocycles. The molecule has 0 aromatic heterocycles. The number of non-ortho nitro benzene ring substituents is 1. The van der Waals surface area contributed by atoms with Gasteiger partial charge in [-0.1, -0.05) is 19.3 Å². The minimum atomic E-state index is -0.587. The fourth-order valence-electron chi connectivity index (χ4n) is 3.25. The maximum absolute atomic E-state index is 12.6. The Kier molecular flexibility index (Phi) is 5.67. The van der Waals surface area contributed by atoms with E-state index >= 15 is 0 Å². The molecule has 138 valence electrons. The molecule has 2 amide bonds. The van der Waals surface area contributed by atoms with Gasteiger partial charge in [-0.2, -0.15) is 0 Å². The molecule has 1 aromatic rings. The molecule has 1 heterocycles. The smallest absolute Gasteiger partial charge is 0.293 e. The molecule has 7 nitrogen and oxygen atoms in total. The summed E-state index contributed by atoms with van der Waals surface area (Å²) < 4.78 is 0.152. The van der Waals surface area contributed by atoms with E-state index in [2.05, 4.69) is 15.9 Å². The SMILES string of the molecule is O=C1S/C(=C/c2cc([N+](=O)[O-])cc(Br)c2O)C(=O)N1CC1CCCCC1. The Labute approximate surface area is 162 Å². The highest BCUT2D eigenvalue weighted by Crippen LogP contribution is 2.38. The van der Waals surface area contributed by atoms with E-state index in [9.17, 15) is 24.8 Å². The summed E-state index contributed by atoms with van der Waals surface area (Å²) in [5.74, 6) is -0.292. The number of aromatic hydroxyl groups is 1. The van der Waals surface area contributed by atoms with E-state index in [-0.39, 0.29) is 31.6 Å². The predicted octanol–water partition coefficient (Wildman–Crippen LogP) is 4.68. The zero-order valence-corrected chi connectivity index (χ0v) is 16.2. The van der Waals surface area contributed by atoms with Gasteiger partial charge in [-0.25, -0.2) is 0 Å². The number of carbonyl (C=O) groups is 2. The number of hydrogen-bond donors (Lipinski definition) is 1. The number of nitrogens with zero attached hydrogens (tertiary/aromatic N) is 2. The number of rotatable bonds is 4. The number of hydrogen-bond acceptors (Lipinski definition) is 6. The van der Waals surface area contributed by atoms with E-state index < -0.39 is 10.8 Å². The van der Waals surface area contributed by atoms with Crippen molar-refractivity contribution in [2.45, 2.75) is 32.1 Å². The van der Waals surface area contributed by atoms with E-state index in [0.29, 0.717) is 12.5 Å². The number of benzene rings is 1. The Hall–Kier alpha value is -1.87. The lowest BCUT2D eigenvalue weighted by Crippen LogP contribution is -2.34. The van der Waals surface area contributed by atoms with Crippen molar-refractivity contribution in [1.82, 2.24) is 4.90 Å². The molecule has 1 aromatic carbocycles. The van der Waals surface area contributed by atoms with Gasteiger partial charge in [0.15, 0.2) is 0 Å². The van der Waals surface area contributed by atoms with Crippen LogP contribution >= 0.6 is 27.7 Å². The fourth-order valence-corrected chi connectivity index (χ4v) is 4.55. The highest BCUT2D eigenvalue weighted by Gasteiger charge is 2.36. The van der Waals surface area contributed by atoms with E-state index in [1.165, 1.54) is 29.5 Å². The van der Waals surface area contributed by atoms with Crippen LogP contribution in [0.25, 0.3) is 6.08 Å². The Balaban J connectivity index is 1.84. The quantitative estimate of drug-likeness (QED) is 0.414. The number of halogens is 1. The van der Waals surface area contributed by atoms with Gasteiger partial charge >= 0.3 is 0 Å². The van der Waals surface area contributed by atoms with Gasteiger partial charge in [-0.05, 0) is 52.5 Å². The topological polar surface area (TPSA) is 101 Å². The lowest BCUT2D eigenvalue weighted by atomic mass is 9.89. The van der Waals surface area contributed by atoms with Crippen molar-refractivity contribution < 1.29 is 19.6 Å². The van der Waals surface area contributed by atoms with Gasteiger partial charge in [0.05, 0.1) is 14.3 Å². The van der Waals surface area contributed by atoms with Crippen LogP contribution in [0, 0.1) is 16.0 Å². The molecule has 9 heteroatoms. The standard InChI is InChI=1S/C17H17BrN2O5S/c18-13-8-12(20(24)25)6-11(15(13)21)7-14-16(22)19(17(23)26-14)9-10-4-2-1-3-5-10/h6-8,10,21H,1-5,9H2/b14-7+. The number of phenolic OH excluding ortho intramolecular Hbond substituents is 1. The van der Waals surface area contributed by atoms with Gasteiger partial charge in [0, 0.05) is 24.2 Å². The van der Waals surface area contributed by atoms with Crippen LogP contribution in [0.15, 0.2) is 21.5 Å². The van der Waals surface area contributed by atoms with Crippen LogP contribution in [-0.2, 0) is 4.79 Å². The van der Waals surface area contributed by atoms with Crippen molar-refractivity contribution in [3.05, 3.63) is 37.2 Å². The summed E-state index contributed by atoms with van der Waals surface area (Å²) >= 11 is 3.86. The highest BCUT2D eigenvalue weighted by molar-refractivity contribution is 9.10. The minimum Gasteiger partial charge on any atom is -0.506 e. The summed E-state index contributed by atoms with van der Waals surface area (Å²) in [5, 5.41) is 20.8. The Morgan fingerprint density at radius 3 is 2.65 bits per heavy atom. The molecule has 0 atom stereocenters. The van der Waals surface area contributed by atoms with Gasteiger partial charge < -0.3 is 5.11 Å². The lowest BCUT2D eigenvalue weighted by Gasteiger charge is -2.25. The molecule has 1 aliphatic heterocycles. The summed E-state index contributed by atoms with van der Waals surface area (Å²) in [6.07, 6.45) is 6.79. The van der Waals surface area contributed by atoms with Crippen LogP contribution in [0.2, 0.25) is 0 Å². The number of nitro groups is 1. The maximum Gasteiger partial charge on any atom is 0.293 e. The lowest BCUT2D eigenvalue weighted by molar-refractivity contribution is -0.385. The second kappa shape index (κ2) is 7.79. The molecule has 3 rings (SSSR count). The van der Waals surface area contributed by atoms with Gasteiger partial charge in [0.2, 0.25) is 0 Å². The number of phenols is 1. The van der Waals surface area contributed by atoms with Crippen molar-refractivity contribution in [1.29, 1.82) is 0 Å². The maximum atomic E-state index is 12.6. The highest BCUT2D eigenvalue weighted by atomic mass is 79.9. The van der Waals surface area contributed by atoms with Crippen molar-refractivity contribution >= 4 is 50.6 Å². The zero-order valence-electron chi connectivity index (χ0n) is 13.8. The Morgan fingerprint density at radius 2 is 2.00 bits per heavy atom. The fraction of sp³-hybridized carbons (Fsp3) is 0.412. The molecule has 26 heavy (non-hydrogen) atoms. The van der Waals surface area contributed by atoms with Crippen LogP contribution in [-0.4, -0.2) is 32.6 Å². The third kappa shape index (κ3) is 3.93.